The lowest BCUT2D eigenvalue weighted by atomic mass is 9.49. The molecule has 10 heteroatoms. The lowest BCUT2D eigenvalue weighted by molar-refractivity contribution is -0.151. The highest BCUT2D eigenvalue weighted by molar-refractivity contribution is 5.86. The average molecular weight is 486 g/mol. The Morgan fingerprint density at radius 1 is 1.09 bits per heavy atom. The number of amides is 1. The normalized spacial score (nSPS) is 26.9. The molecule has 0 aromatic carbocycles. The number of nitrogens with one attached hydrogen (secondary N) is 2. The molecule has 4 aliphatic carbocycles. The van der Waals surface area contributed by atoms with E-state index in [0.29, 0.717) is 47.8 Å². The highest BCUT2D eigenvalue weighted by Crippen LogP contribution is 2.60. The number of hydrogen-bond acceptors (Lipinski definition) is 6. The van der Waals surface area contributed by atoms with Crippen LogP contribution in [0.5, 0.6) is 0 Å². The zero-order valence-electron chi connectivity index (χ0n) is 20.6. The summed E-state index contributed by atoms with van der Waals surface area (Å²) in [4.78, 5) is 57.3. The van der Waals surface area contributed by atoms with Crippen LogP contribution in [0.15, 0.2) is 9.59 Å². The van der Waals surface area contributed by atoms with Gasteiger partial charge in [0.25, 0.3) is 5.56 Å². The molecule has 2 aromatic heterocycles. The molecule has 35 heavy (non-hydrogen) atoms. The quantitative estimate of drug-likeness (QED) is 0.524. The van der Waals surface area contributed by atoms with Gasteiger partial charge >= 0.3 is 11.7 Å². The van der Waals surface area contributed by atoms with Gasteiger partial charge in [-0.15, -0.1) is 0 Å². The number of ether oxygens (including phenoxy) is 1. The molecule has 1 amide bonds. The molecule has 0 radical (unpaired) electrons. The van der Waals surface area contributed by atoms with Gasteiger partial charge < -0.3 is 14.6 Å². The molecule has 0 unspecified atom stereocenters. The number of aromatic nitrogens is 4. The first kappa shape index (κ1) is 23.8. The Kier molecular flexibility index (Phi) is 6.31. The molecule has 190 valence electrons. The van der Waals surface area contributed by atoms with Gasteiger partial charge in [0.1, 0.15) is 19.0 Å². The number of rotatable bonds is 9. The summed E-state index contributed by atoms with van der Waals surface area (Å²) in [5, 5.41) is 2.84. The van der Waals surface area contributed by atoms with Crippen molar-refractivity contribution in [2.45, 2.75) is 84.9 Å². The van der Waals surface area contributed by atoms with E-state index in [4.69, 9.17) is 4.74 Å². The number of nitrogens with zero attached hydrogens (tertiary/aromatic N) is 3. The first-order valence-corrected chi connectivity index (χ1v) is 13.0. The second-order valence-corrected chi connectivity index (χ2v) is 10.8. The first-order valence-electron chi connectivity index (χ1n) is 13.0. The molecule has 2 aromatic rings. The van der Waals surface area contributed by atoms with Gasteiger partial charge in [0.15, 0.2) is 11.2 Å². The monoisotopic (exact) mass is 485 g/mol. The Hall–Kier alpha value is -2.91. The number of aryl methyl sites for hydroxylation is 2. The molecule has 6 rings (SSSR count). The largest absolute Gasteiger partial charge is 0.456 e. The maximum Gasteiger partial charge on any atom is 0.330 e. The summed E-state index contributed by atoms with van der Waals surface area (Å²) < 4.78 is 8.55. The molecule has 4 saturated carbocycles. The fourth-order valence-electron chi connectivity index (χ4n) is 7.12. The number of fused-ring (bicyclic) bond motifs is 1. The standard InChI is InChI=1S/C25H35N5O5/c1-3-5-6-30-21-20(22(32)28-24(30)34)29(4-2)18(27-21)14-35-19(31)13-26-23(33)25-10-15-7-16(11-25)9-17(8-15)12-25/h15-17H,3-14H2,1-2H3,(H,26,33)(H,28,32,34). The highest BCUT2D eigenvalue weighted by Gasteiger charge is 2.54. The summed E-state index contributed by atoms with van der Waals surface area (Å²) in [7, 11) is 0. The van der Waals surface area contributed by atoms with Gasteiger partial charge in [-0.25, -0.2) is 9.78 Å². The molecule has 2 N–H and O–H groups in total. The van der Waals surface area contributed by atoms with E-state index < -0.39 is 17.2 Å². The van der Waals surface area contributed by atoms with E-state index in [1.54, 1.807) is 4.57 Å². The van der Waals surface area contributed by atoms with Crippen molar-refractivity contribution in [1.29, 1.82) is 0 Å². The van der Waals surface area contributed by atoms with Crippen molar-refractivity contribution in [1.82, 2.24) is 24.4 Å². The number of H-pyrrole nitrogens is 1. The average Bonchev–Trinajstić information content (AvgIpc) is 3.19. The van der Waals surface area contributed by atoms with Gasteiger partial charge in [0.05, 0.1) is 0 Å². The van der Waals surface area contributed by atoms with E-state index in [2.05, 4.69) is 15.3 Å². The van der Waals surface area contributed by atoms with Crippen molar-refractivity contribution < 1.29 is 14.3 Å². The van der Waals surface area contributed by atoms with Crippen molar-refractivity contribution in [3.63, 3.8) is 0 Å². The summed E-state index contributed by atoms with van der Waals surface area (Å²) in [6.07, 6.45) is 8.24. The van der Waals surface area contributed by atoms with Crippen LogP contribution in [-0.4, -0.2) is 37.5 Å². The van der Waals surface area contributed by atoms with E-state index in [0.717, 1.165) is 32.1 Å². The first-order chi connectivity index (χ1) is 16.8. The van der Waals surface area contributed by atoms with Gasteiger partial charge in [0, 0.05) is 18.5 Å². The zero-order chi connectivity index (χ0) is 24.7. The highest BCUT2D eigenvalue weighted by atomic mass is 16.5. The van der Waals surface area contributed by atoms with Crippen LogP contribution >= 0.6 is 0 Å². The maximum atomic E-state index is 13.1. The van der Waals surface area contributed by atoms with E-state index in [-0.39, 0.29) is 24.5 Å². The van der Waals surface area contributed by atoms with Crippen LogP contribution in [0.25, 0.3) is 11.2 Å². The molecule has 4 bridgehead atoms. The van der Waals surface area contributed by atoms with E-state index in [1.165, 1.54) is 23.8 Å². The summed E-state index contributed by atoms with van der Waals surface area (Å²) in [6, 6.07) is 0. The zero-order valence-corrected chi connectivity index (χ0v) is 20.6. The number of carbonyl (C=O) groups excluding carboxylic acids is 2. The Balaban J connectivity index is 1.25. The van der Waals surface area contributed by atoms with E-state index in [9.17, 15) is 19.2 Å². The van der Waals surface area contributed by atoms with Gasteiger partial charge in [-0.3, -0.25) is 23.9 Å². The van der Waals surface area contributed by atoms with Crippen LogP contribution in [0.4, 0.5) is 0 Å². The second-order valence-electron chi connectivity index (χ2n) is 10.8. The molecule has 4 fully saturated rings. The minimum absolute atomic E-state index is 0.0131. The number of esters is 1. The number of imidazole rings is 1. The smallest absolute Gasteiger partial charge is 0.330 e. The molecule has 0 saturated heterocycles. The lowest BCUT2D eigenvalue weighted by Gasteiger charge is -2.55. The van der Waals surface area contributed by atoms with E-state index >= 15 is 0 Å². The van der Waals surface area contributed by atoms with Crippen LogP contribution in [0.1, 0.15) is 71.0 Å². The fourth-order valence-corrected chi connectivity index (χ4v) is 7.12. The van der Waals surface area contributed by atoms with Crippen molar-refractivity contribution in [3.05, 3.63) is 26.7 Å². The third kappa shape index (κ3) is 4.31. The number of aromatic amines is 1. The van der Waals surface area contributed by atoms with Crippen molar-refractivity contribution in [3.8, 4) is 0 Å². The molecule has 0 spiro atoms. The van der Waals surface area contributed by atoms with Crippen LogP contribution in [0, 0.1) is 23.2 Å². The van der Waals surface area contributed by atoms with Crippen LogP contribution in [-0.2, 0) is 34.0 Å². The summed E-state index contributed by atoms with van der Waals surface area (Å²) >= 11 is 0. The summed E-state index contributed by atoms with van der Waals surface area (Å²) in [5.41, 5.74) is -0.714. The molecular weight excluding hydrogens is 450 g/mol. The Morgan fingerprint density at radius 3 is 2.34 bits per heavy atom. The summed E-state index contributed by atoms with van der Waals surface area (Å²) in [5.74, 6) is 1.79. The van der Waals surface area contributed by atoms with Crippen molar-refractivity contribution >= 4 is 23.0 Å². The number of hydrogen-bond donors (Lipinski definition) is 2. The second kappa shape index (κ2) is 9.28. The molecule has 4 aliphatic rings. The summed E-state index contributed by atoms with van der Waals surface area (Å²) in [6.45, 7) is 4.43. The van der Waals surface area contributed by atoms with Gasteiger partial charge in [-0.2, -0.15) is 0 Å². The molecule has 0 atom stereocenters. The third-order valence-electron chi connectivity index (χ3n) is 8.29. The molecular formula is C25H35N5O5. The number of unbranched alkanes of at least 4 members (excludes halogenated alkanes) is 1. The Bertz CT molecular complexity index is 1220. The van der Waals surface area contributed by atoms with Crippen LogP contribution < -0.4 is 16.6 Å². The Morgan fingerprint density at radius 2 is 1.74 bits per heavy atom. The molecule has 0 aliphatic heterocycles. The van der Waals surface area contributed by atoms with E-state index in [1.807, 2.05) is 13.8 Å². The predicted molar refractivity (Wildman–Crippen MR) is 129 cm³/mol. The maximum absolute atomic E-state index is 13.1. The van der Waals surface area contributed by atoms with Gasteiger partial charge in [-0.05, 0) is 69.6 Å². The molecule has 10 nitrogen and oxygen atoms in total. The van der Waals surface area contributed by atoms with Crippen molar-refractivity contribution in [2.75, 3.05) is 6.54 Å². The lowest BCUT2D eigenvalue weighted by Crippen LogP contribution is -2.54. The fraction of sp³-hybridized carbons (Fsp3) is 0.720. The predicted octanol–water partition coefficient (Wildman–Crippen LogP) is 2.08. The Labute approximate surface area is 203 Å². The number of carbonyl (C=O) groups is 2. The topological polar surface area (TPSA) is 128 Å². The third-order valence-corrected chi connectivity index (χ3v) is 8.29. The van der Waals surface area contributed by atoms with Crippen LogP contribution in [0.3, 0.4) is 0 Å². The van der Waals surface area contributed by atoms with Gasteiger partial charge in [-0.1, -0.05) is 13.3 Å². The SMILES string of the molecule is CCCCn1c(=O)[nH]c(=O)c2c1nc(COC(=O)CNC(=O)C13CC4CC(CC(C4)C1)C3)n2CC. The minimum Gasteiger partial charge on any atom is -0.456 e. The van der Waals surface area contributed by atoms with Crippen molar-refractivity contribution in [2.24, 2.45) is 23.2 Å². The van der Waals surface area contributed by atoms with Crippen LogP contribution in [0.2, 0.25) is 0 Å². The molecule has 2 heterocycles. The minimum atomic E-state index is -0.546. The van der Waals surface area contributed by atoms with Gasteiger partial charge in [0.2, 0.25) is 5.91 Å².